The number of hydrogen-bond donors (Lipinski definition) is 6. The predicted octanol–water partition coefficient (Wildman–Crippen LogP) is 2.23. The van der Waals surface area contributed by atoms with E-state index in [9.17, 15) is 45.0 Å². The Bertz CT molecular complexity index is 1280. The highest BCUT2D eigenvalue weighted by molar-refractivity contribution is 5.94. The lowest BCUT2D eigenvalue weighted by atomic mass is 9.72. The third kappa shape index (κ3) is 7.24. The first-order chi connectivity index (χ1) is 19.4. The average Bonchev–Trinajstić information content (AvgIpc) is 3.47. The van der Waals surface area contributed by atoms with Crippen LogP contribution in [0.2, 0.25) is 0 Å². The fraction of sp³-hybridized carbons (Fsp3) is 0.367. The molecule has 0 unspecified atom stereocenters. The molecule has 2 fully saturated rings. The normalized spacial score (nSPS) is 24.6. The van der Waals surface area contributed by atoms with Gasteiger partial charge in [0.1, 0.15) is 11.7 Å². The molecule has 4 atom stereocenters. The Kier molecular flexibility index (Phi) is 8.99. The van der Waals surface area contributed by atoms with Crippen molar-refractivity contribution in [2.45, 2.75) is 49.9 Å². The van der Waals surface area contributed by atoms with Crippen molar-refractivity contribution in [2.24, 2.45) is 5.92 Å². The largest absolute Gasteiger partial charge is 0.504 e. The molecule has 1 aliphatic heterocycles. The van der Waals surface area contributed by atoms with Gasteiger partial charge in [0.05, 0.1) is 6.10 Å². The number of hydrogen-bond acceptors (Lipinski definition) is 10. The molecule has 1 aliphatic carbocycles. The van der Waals surface area contributed by atoms with E-state index in [0.29, 0.717) is 24.2 Å². The number of esters is 1. The molecule has 0 radical (unpaired) electrons. The van der Waals surface area contributed by atoms with Crippen LogP contribution in [0.4, 0.5) is 0 Å². The SMILES string of the molecule is O=C(/C=C/c1ccc(O)c(O)c1)C[C@@H]1C[C@](O)(C(=O)N2CCCC2)C[C@@H](OC(=O)/C=C/c2ccc(O)c(O)c2)[C@H]1O. The number of carbonyl (C=O) groups excluding carboxylic acids is 3. The summed E-state index contributed by atoms with van der Waals surface area (Å²) in [6, 6.07) is 7.96. The maximum atomic E-state index is 13.3. The van der Waals surface area contributed by atoms with Crippen LogP contribution in [0.25, 0.3) is 12.2 Å². The minimum Gasteiger partial charge on any atom is -0.504 e. The zero-order valence-corrected chi connectivity index (χ0v) is 22.2. The van der Waals surface area contributed by atoms with Crippen molar-refractivity contribution in [3.63, 3.8) is 0 Å². The fourth-order valence-corrected chi connectivity index (χ4v) is 5.25. The lowest BCUT2D eigenvalue weighted by Crippen LogP contribution is -2.58. The minimum atomic E-state index is -1.96. The van der Waals surface area contributed by atoms with E-state index >= 15 is 0 Å². The van der Waals surface area contributed by atoms with Crippen molar-refractivity contribution in [3.05, 3.63) is 59.7 Å². The molecule has 1 amide bonds. The maximum absolute atomic E-state index is 13.3. The monoisotopic (exact) mass is 567 g/mol. The van der Waals surface area contributed by atoms with Gasteiger partial charge in [0.25, 0.3) is 5.91 Å². The van der Waals surface area contributed by atoms with Gasteiger partial charge in [0.15, 0.2) is 28.8 Å². The molecule has 1 saturated heterocycles. The Morgan fingerprint density at radius 1 is 0.854 bits per heavy atom. The van der Waals surface area contributed by atoms with Gasteiger partial charge in [0, 0.05) is 32.0 Å². The lowest BCUT2D eigenvalue weighted by Gasteiger charge is -2.43. The van der Waals surface area contributed by atoms with Gasteiger partial charge in [-0.25, -0.2) is 4.79 Å². The minimum absolute atomic E-state index is 0.209. The van der Waals surface area contributed by atoms with Crippen LogP contribution in [0, 0.1) is 5.92 Å². The molecule has 2 aliphatic rings. The van der Waals surface area contributed by atoms with Crippen molar-refractivity contribution < 1.29 is 49.8 Å². The molecule has 2 aromatic carbocycles. The fourth-order valence-electron chi connectivity index (χ4n) is 5.25. The summed E-state index contributed by atoms with van der Waals surface area (Å²) in [5, 5.41) is 60.7. The van der Waals surface area contributed by atoms with E-state index in [-0.39, 0.29) is 42.3 Å². The second-order valence-electron chi connectivity index (χ2n) is 10.5. The smallest absolute Gasteiger partial charge is 0.331 e. The molecule has 218 valence electrons. The number of aliphatic hydroxyl groups excluding tert-OH is 1. The van der Waals surface area contributed by atoms with Crippen molar-refractivity contribution in [2.75, 3.05) is 13.1 Å². The summed E-state index contributed by atoms with van der Waals surface area (Å²) in [6.07, 6.45) is 3.14. The van der Waals surface area contributed by atoms with E-state index < -0.39 is 41.4 Å². The van der Waals surface area contributed by atoms with Crippen LogP contribution in [-0.4, -0.2) is 84.1 Å². The van der Waals surface area contributed by atoms with Crippen LogP contribution in [-0.2, 0) is 19.1 Å². The van der Waals surface area contributed by atoms with Gasteiger partial charge in [-0.1, -0.05) is 18.2 Å². The number of phenols is 4. The maximum Gasteiger partial charge on any atom is 0.331 e. The number of ketones is 1. The number of carbonyl (C=O) groups is 3. The van der Waals surface area contributed by atoms with Crippen LogP contribution in [0.15, 0.2) is 48.6 Å². The molecule has 1 heterocycles. The van der Waals surface area contributed by atoms with Gasteiger partial charge in [0.2, 0.25) is 0 Å². The van der Waals surface area contributed by atoms with Crippen LogP contribution >= 0.6 is 0 Å². The number of rotatable bonds is 8. The van der Waals surface area contributed by atoms with Crippen LogP contribution < -0.4 is 0 Å². The first-order valence-corrected chi connectivity index (χ1v) is 13.3. The highest BCUT2D eigenvalue weighted by Crippen LogP contribution is 2.38. The van der Waals surface area contributed by atoms with Crippen molar-refractivity contribution >= 4 is 29.8 Å². The summed E-state index contributed by atoms with van der Waals surface area (Å²) in [5.74, 6) is -4.13. The van der Waals surface area contributed by atoms with Gasteiger partial charge >= 0.3 is 5.97 Å². The number of nitrogens with zero attached hydrogens (tertiary/aromatic N) is 1. The van der Waals surface area contributed by atoms with E-state index in [4.69, 9.17) is 4.74 Å². The Hall–Kier alpha value is -4.35. The zero-order valence-electron chi connectivity index (χ0n) is 22.2. The Labute approximate surface area is 236 Å². The van der Waals surface area contributed by atoms with E-state index in [2.05, 4.69) is 0 Å². The quantitative estimate of drug-likeness (QED) is 0.157. The van der Waals surface area contributed by atoms with E-state index in [1.54, 1.807) is 0 Å². The molecule has 11 nitrogen and oxygen atoms in total. The molecule has 0 spiro atoms. The number of ether oxygens (including phenoxy) is 1. The molecule has 1 saturated carbocycles. The van der Waals surface area contributed by atoms with Crippen LogP contribution in [0.1, 0.15) is 43.2 Å². The third-order valence-corrected chi connectivity index (χ3v) is 7.40. The Morgan fingerprint density at radius 3 is 1.98 bits per heavy atom. The van der Waals surface area contributed by atoms with Crippen molar-refractivity contribution in [1.82, 2.24) is 4.90 Å². The number of benzene rings is 2. The van der Waals surface area contributed by atoms with Gasteiger partial charge < -0.3 is 40.3 Å². The summed E-state index contributed by atoms with van der Waals surface area (Å²) in [6.45, 7) is 0.949. The van der Waals surface area contributed by atoms with E-state index in [1.807, 2.05) is 0 Å². The number of likely N-dealkylation sites (tertiary alicyclic amines) is 1. The Balaban J connectivity index is 1.50. The highest BCUT2D eigenvalue weighted by Gasteiger charge is 2.52. The molecule has 0 bridgehead atoms. The van der Waals surface area contributed by atoms with Gasteiger partial charge in [-0.2, -0.15) is 0 Å². The van der Waals surface area contributed by atoms with Gasteiger partial charge in [-0.3, -0.25) is 9.59 Å². The number of aliphatic hydroxyl groups is 2. The number of amides is 1. The topological polar surface area (TPSA) is 185 Å². The number of aromatic hydroxyl groups is 4. The van der Waals surface area contributed by atoms with E-state index in [0.717, 1.165) is 18.9 Å². The van der Waals surface area contributed by atoms with Gasteiger partial charge in [-0.05, 0) is 72.7 Å². The molecular formula is C30H33NO10. The first-order valence-electron chi connectivity index (χ1n) is 13.3. The van der Waals surface area contributed by atoms with Crippen molar-refractivity contribution in [1.29, 1.82) is 0 Å². The second-order valence-corrected chi connectivity index (χ2v) is 10.5. The van der Waals surface area contributed by atoms with Crippen molar-refractivity contribution in [3.8, 4) is 23.0 Å². The summed E-state index contributed by atoms with van der Waals surface area (Å²) in [4.78, 5) is 40.3. The average molecular weight is 568 g/mol. The predicted molar refractivity (Wildman–Crippen MR) is 147 cm³/mol. The second kappa shape index (κ2) is 12.4. The number of allylic oxidation sites excluding steroid dienone is 1. The summed E-state index contributed by atoms with van der Waals surface area (Å²) < 4.78 is 5.45. The molecule has 2 aromatic rings. The molecule has 4 rings (SSSR count). The first kappa shape index (κ1) is 29.6. The summed E-state index contributed by atoms with van der Waals surface area (Å²) in [5.41, 5.74) is -1.13. The van der Waals surface area contributed by atoms with Crippen LogP contribution in [0.5, 0.6) is 23.0 Å². The number of phenolic OH excluding ortho intramolecular Hbond substituents is 4. The van der Waals surface area contributed by atoms with Gasteiger partial charge in [-0.15, -0.1) is 0 Å². The Morgan fingerprint density at radius 2 is 1.41 bits per heavy atom. The van der Waals surface area contributed by atoms with Crippen LogP contribution in [0.3, 0.4) is 0 Å². The highest BCUT2D eigenvalue weighted by atomic mass is 16.6. The molecule has 41 heavy (non-hydrogen) atoms. The molecule has 11 heteroatoms. The molecule has 0 aromatic heterocycles. The third-order valence-electron chi connectivity index (χ3n) is 7.40. The summed E-state index contributed by atoms with van der Waals surface area (Å²) in [7, 11) is 0. The molecule has 6 N–H and O–H groups in total. The summed E-state index contributed by atoms with van der Waals surface area (Å²) >= 11 is 0. The van der Waals surface area contributed by atoms with E-state index in [1.165, 1.54) is 59.5 Å². The standard InChI is InChI=1S/C30H33NO10/c32-21(7-3-18-4-8-22(33)24(35)13-18)15-20-16-30(40,29(39)31-11-1-2-12-31)17-26(28(20)38)41-27(37)10-6-19-5-9-23(34)25(36)14-19/h3-10,13-14,20,26,28,33-36,38,40H,1-2,11-12,15-17H2/b7-3+,10-6+/t20-,26-,28+,30-/m1/s1. The zero-order chi connectivity index (χ0) is 29.7. The lowest BCUT2D eigenvalue weighted by molar-refractivity contribution is -0.183. The molecular weight excluding hydrogens is 534 g/mol.